The minimum Gasteiger partial charge on any atom is -0.388 e. The molecule has 13 nitrogen and oxygen atoms in total. The van der Waals surface area contributed by atoms with Crippen LogP contribution in [-0.2, 0) is 9.59 Å². The molecule has 3 aromatic rings. The molecule has 1 aliphatic carbocycles. The number of hydrogen-bond donors (Lipinski definition) is 6. The number of benzene rings is 2. The highest BCUT2D eigenvalue weighted by atomic mass is 16.3. The van der Waals surface area contributed by atoms with E-state index in [2.05, 4.69) is 43.3 Å². The summed E-state index contributed by atoms with van der Waals surface area (Å²) in [4.78, 5) is 50.0. The van der Waals surface area contributed by atoms with Gasteiger partial charge in [-0.15, -0.1) is 0 Å². The molecule has 0 radical (unpaired) electrons. The molecule has 3 amide bonds. The molecule has 4 heterocycles. The molecule has 4 aliphatic rings. The van der Waals surface area contributed by atoms with Crippen LogP contribution in [0.25, 0.3) is 16.6 Å². The van der Waals surface area contributed by atoms with Gasteiger partial charge < -0.3 is 31.7 Å². The average molecular weight is 654 g/mol. The normalized spacial score (nSPS) is 24.4. The van der Waals surface area contributed by atoms with Gasteiger partial charge in [0.15, 0.2) is 6.23 Å². The molecule has 1 aromatic heterocycles. The molecule has 3 fully saturated rings. The number of aliphatic hydroxyl groups is 1. The van der Waals surface area contributed by atoms with Crippen LogP contribution in [0.3, 0.4) is 0 Å². The van der Waals surface area contributed by atoms with Gasteiger partial charge in [0.25, 0.3) is 5.91 Å². The Morgan fingerprint density at radius 2 is 1.92 bits per heavy atom. The number of carbonyl (C=O) groups excluding carboxylic acids is 3. The van der Waals surface area contributed by atoms with Crippen LogP contribution in [0.15, 0.2) is 48.8 Å². The van der Waals surface area contributed by atoms with Crippen molar-refractivity contribution in [3.63, 3.8) is 0 Å². The van der Waals surface area contributed by atoms with Gasteiger partial charge in [0, 0.05) is 86.0 Å². The van der Waals surface area contributed by atoms with E-state index in [4.69, 9.17) is 10.7 Å². The third-order valence-electron chi connectivity index (χ3n) is 10.0. The fourth-order valence-electron chi connectivity index (χ4n) is 7.20. The number of aromatic nitrogens is 2. The predicted octanol–water partition coefficient (Wildman–Crippen LogP) is 1.85. The largest absolute Gasteiger partial charge is 0.388 e. The smallest absolute Gasteiger partial charge is 0.257 e. The summed E-state index contributed by atoms with van der Waals surface area (Å²) in [6.45, 7) is 5.06. The minimum absolute atomic E-state index is 0.137. The van der Waals surface area contributed by atoms with E-state index in [0.29, 0.717) is 29.6 Å². The van der Waals surface area contributed by atoms with Crippen LogP contribution in [-0.4, -0.2) is 89.0 Å². The molecule has 13 heteroatoms. The SMILES string of the molecule is NC/C(=C\NC1CC(CCCNc2ccc3c(c2)C(O)N(C2CCC(=O)NC2=O)C3=O)C1)c1cnc2ccc(N3CCNCC3)cc2n1. The first-order valence-corrected chi connectivity index (χ1v) is 17.0. The third-order valence-corrected chi connectivity index (χ3v) is 10.0. The molecule has 2 aromatic carbocycles. The van der Waals surface area contributed by atoms with Crippen molar-refractivity contribution >= 4 is 45.7 Å². The van der Waals surface area contributed by atoms with E-state index in [-0.39, 0.29) is 18.7 Å². The number of rotatable bonds is 11. The summed E-state index contributed by atoms with van der Waals surface area (Å²) in [7, 11) is 0. The van der Waals surface area contributed by atoms with Gasteiger partial charge in [-0.25, -0.2) is 4.98 Å². The monoisotopic (exact) mass is 653 g/mol. The number of piperidine rings is 1. The van der Waals surface area contributed by atoms with Gasteiger partial charge in [0.05, 0.1) is 22.9 Å². The van der Waals surface area contributed by atoms with E-state index in [1.807, 2.05) is 18.3 Å². The van der Waals surface area contributed by atoms with Crippen LogP contribution in [0.1, 0.15) is 66.4 Å². The standard InChI is InChI=1S/C35H43N9O4/c36-18-22(30-20-40-28-6-4-25(17-29(28)41-30)43-12-10-37-11-13-43)19-39-24-14-21(15-24)2-1-9-38-23-3-5-26-27(16-23)35(48)44(34(26)47)31-7-8-32(45)42-33(31)46/h3-6,16-17,19-21,24,31,35,37-39,48H,1-2,7-15,18,36H2,(H,42,45,46)/b22-19+. The third kappa shape index (κ3) is 6.58. The lowest BCUT2D eigenvalue weighted by Gasteiger charge is -2.36. The van der Waals surface area contributed by atoms with Crippen molar-refractivity contribution in [1.82, 2.24) is 30.8 Å². The summed E-state index contributed by atoms with van der Waals surface area (Å²) in [5.74, 6) is -0.664. The van der Waals surface area contributed by atoms with Crippen LogP contribution in [0.2, 0.25) is 0 Å². The zero-order chi connectivity index (χ0) is 33.2. The lowest BCUT2D eigenvalue weighted by atomic mass is 9.77. The second-order valence-corrected chi connectivity index (χ2v) is 13.2. The van der Waals surface area contributed by atoms with Crippen molar-refractivity contribution in [2.24, 2.45) is 11.7 Å². The molecule has 3 aliphatic heterocycles. The second kappa shape index (κ2) is 13.9. The molecule has 2 atom stereocenters. The Bertz CT molecular complexity index is 1730. The summed E-state index contributed by atoms with van der Waals surface area (Å²) in [5.41, 5.74) is 12.5. The van der Waals surface area contributed by atoms with Crippen LogP contribution >= 0.6 is 0 Å². The molecule has 0 spiro atoms. The predicted molar refractivity (Wildman–Crippen MR) is 183 cm³/mol. The van der Waals surface area contributed by atoms with Crippen molar-refractivity contribution in [2.45, 2.75) is 56.8 Å². The highest BCUT2D eigenvalue weighted by Crippen LogP contribution is 2.37. The summed E-state index contributed by atoms with van der Waals surface area (Å²) < 4.78 is 0. The fourth-order valence-corrected chi connectivity index (χ4v) is 7.20. The van der Waals surface area contributed by atoms with Crippen LogP contribution in [0.4, 0.5) is 11.4 Å². The topological polar surface area (TPSA) is 178 Å². The molecule has 2 unspecified atom stereocenters. The van der Waals surface area contributed by atoms with Gasteiger partial charge in [-0.05, 0) is 74.4 Å². The lowest BCUT2D eigenvalue weighted by Crippen LogP contribution is -2.53. The van der Waals surface area contributed by atoms with E-state index in [1.165, 1.54) is 10.6 Å². The Balaban J connectivity index is 0.866. The van der Waals surface area contributed by atoms with Crippen LogP contribution in [0.5, 0.6) is 0 Å². The molecular weight excluding hydrogens is 610 g/mol. The number of piperazine rings is 1. The first kappa shape index (κ1) is 32.0. The Hall–Kier alpha value is -4.59. The molecule has 48 heavy (non-hydrogen) atoms. The maximum absolute atomic E-state index is 13.0. The van der Waals surface area contributed by atoms with Gasteiger partial charge in [-0.2, -0.15) is 0 Å². The highest BCUT2D eigenvalue weighted by Gasteiger charge is 2.44. The number of anilines is 2. The van der Waals surface area contributed by atoms with Gasteiger partial charge in [-0.3, -0.25) is 29.6 Å². The number of hydrogen-bond acceptors (Lipinski definition) is 11. The van der Waals surface area contributed by atoms with Crippen molar-refractivity contribution in [2.75, 3.05) is 49.5 Å². The van der Waals surface area contributed by atoms with Crippen molar-refractivity contribution in [3.05, 3.63) is 65.6 Å². The summed E-state index contributed by atoms with van der Waals surface area (Å²) >= 11 is 0. The molecule has 7 N–H and O–H groups in total. The Labute approximate surface area is 279 Å². The van der Waals surface area contributed by atoms with E-state index < -0.39 is 24.1 Å². The van der Waals surface area contributed by atoms with Gasteiger partial charge in [0.2, 0.25) is 11.8 Å². The number of nitrogens with zero attached hydrogens (tertiary/aromatic N) is 4. The molecule has 0 bridgehead atoms. The summed E-state index contributed by atoms with van der Waals surface area (Å²) in [5, 5.41) is 23.5. The molecule has 7 rings (SSSR count). The van der Waals surface area contributed by atoms with Gasteiger partial charge in [-0.1, -0.05) is 0 Å². The van der Waals surface area contributed by atoms with Crippen molar-refractivity contribution in [1.29, 1.82) is 0 Å². The summed E-state index contributed by atoms with van der Waals surface area (Å²) in [6, 6.07) is 11.1. The van der Waals surface area contributed by atoms with E-state index in [1.54, 1.807) is 18.3 Å². The minimum atomic E-state index is -1.23. The first-order valence-electron chi connectivity index (χ1n) is 17.0. The van der Waals surface area contributed by atoms with E-state index >= 15 is 0 Å². The number of fused-ring (bicyclic) bond motifs is 2. The van der Waals surface area contributed by atoms with Gasteiger partial charge in [0.1, 0.15) is 6.04 Å². The molecular formula is C35H43N9O4. The number of nitrogens with one attached hydrogen (secondary N) is 4. The fraction of sp³-hybridized carbons (Fsp3) is 0.457. The average Bonchev–Trinajstić information content (AvgIpc) is 3.33. The van der Waals surface area contributed by atoms with Crippen LogP contribution in [0, 0.1) is 5.92 Å². The zero-order valence-electron chi connectivity index (χ0n) is 27.0. The molecule has 252 valence electrons. The number of aliphatic hydroxyl groups excluding tert-OH is 1. The quantitative estimate of drug-likeness (QED) is 0.132. The molecule has 1 saturated carbocycles. The number of nitrogens with two attached hydrogens (primary N) is 1. The molecule has 2 saturated heterocycles. The highest BCUT2D eigenvalue weighted by molar-refractivity contribution is 6.05. The Kier molecular flexibility index (Phi) is 9.24. The number of amides is 3. The Morgan fingerprint density at radius 1 is 1.08 bits per heavy atom. The van der Waals surface area contributed by atoms with Gasteiger partial charge >= 0.3 is 0 Å². The second-order valence-electron chi connectivity index (χ2n) is 13.2. The van der Waals surface area contributed by atoms with Crippen LogP contribution < -0.4 is 31.9 Å². The Morgan fingerprint density at radius 3 is 2.71 bits per heavy atom. The number of carbonyl (C=O) groups is 3. The maximum atomic E-state index is 13.0. The first-order chi connectivity index (χ1) is 23.4. The van der Waals surface area contributed by atoms with E-state index in [9.17, 15) is 19.5 Å². The number of imide groups is 1. The maximum Gasteiger partial charge on any atom is 0.257 e. The van der Waals surface area contributed by atoms with Crippen molar-refractivity contribution < 1.29 is 19.5 Å². The summed E-state index contributed by atoms with van der Waals surface area (Å²) in [6.07, 6.45) is 7.19. The zero-order valence-corrected chi connectivity index (χ0v) is 27.0. The van der Waals surface area contributed by atoms with Crippen molar-refractivity contribution in [3.8, 4) is 0 Å². The lowest BCUT2D eigenvalue weighted by molar-refractivity contribution is -0.139. The van der Waals surface area contributed by atoms with E-state index in [0.717, 1.165) is 86.4 Å².